The van der Waals surface area contributed by atoms with E-state index in [4.69, 9.17) is 4.74 Å². The number of benzene rings is 1. The highest BCUT2D eigenvalue weighted by Gasteiger charge is 2.29. The molecule has 5 nitrogen and oxygen atoms in total. The van der Waals surface area contributed by atoms with Gasteiger partial charge in [0.2, 0.25) is 0 Å². The van der Waals surface area contributed by atoms with Crippen LogP contribution in [0.5, 0.6) is 5.75 Å². The molecule has 1 atom stereocenters. The molecule has 2 heterocycles. The smallest absolute Gasteiger partial charge is 0.266 e. The van der Waals surface area contributed by atoms with Crippen molar-refractivity contribution in [2.75, 3.05) is 26.2 Å². The Bertz CT molecular complexity index is 736. The van der Waals surface area contributed by atoms with Crippen LogP contribution in [0.15, 0.2) is 24.3 Å². The highest BCUT2D eigenvalue weighted by molar-refractivity contribution is 7.17. The van der Waals surface area contributed by atoms with Gasteiger partial charge in [0.25, 0.3) is 5.91 Å². The van der Waals surface area contributed by atoms with Crippen molar-refractivity contribution in [2.24, 2.45) is 0 Å². The summed E-state index contributed by atoms with van der Waals surface area (Å²) in [6.45, 7) is 9.33. The molecule has 1 amide bonds. The molecule has 2 aromatic rings. The number of ether oxygens (including phenoxy) is 1. The highest BCUT2D eigenvalue weighted by Crippen LogP contribution is 2.30. The second-order valence-electron chi connectivity index (χ2n) is 6.54. The van der Waals surface area contributed by atoms with E-state index in [1.807, 2.05) is 43.0 Å². The van der Waals surface area contributed by atoms with Crippen molar-refractivity contribution in [1.82, 2.24) is 15.2 Å². The van der Waals surface area contributed by atoms with Gasteiger partial charge in [-0.2, -0.15) is 0 Å². The van der Waals surface area contributed by atoms with Crippen LogP contribution in [-0.4, -0.2) is 48.1 Å². The Morgan fingerprint density at radius 2 is 2.12 bits per heavy atom. The van der Waals surface area contributed by atoms with Gasteiger partial charge in [0, 0.05) is 24.7 Å². The maximum Gasteiger partial charge on any atom is 0.266 e. The van der Waals surface area contributed by atoms with Crippen LogP contribution < -0.4 is 10.1 Å². The van der Waals surface area contributed by atoms with Crippen LogP contribution in [0.2, 0.25) is 0 Å². The van der Waals surface area contributed by atoms with Crippen molar-refractivity contribution in [2.45, 2.75) is 39.7 Å². The Kier molecular flexibility index (Phi) is 6.27. The third-order valence-corrected chi connectivity index (χ3v) is 5.80. The molecule has 1 aromatic carbocycles. The molecule has 140 valence electrons. The summed E-state index contributed by atoms with van der Waals surface area (Å²) in [6.07, 6.45) is 1.99. The van der Waals surface area contributed by atoms with Crippen LogP contribution in [0.3, 0.4) is 0 Å². The predicted molar refractivity (Wildman–Crippen MR) is 106 cm³/mol. The van der Waals surface area contributed by atoms with E-state index >= 15 is 0 Å². The fourth-order valence-corrected chi connectivity index (χ4v) is 4.33. The van der Waals surface area contributed by atoms with Gasteiger partial charge in [-0.1, -0.05) is 6.92 Å². The second-order valence-corrected chi connectivity index (χ2v) is 7.54. The van der Waals surface area contributed by atoms with Crippen LogP contribution in [0.25, 0.3) is 10.6 Å². The number of nitrogens with zero attached hydrogens (tertiary/aromatic N) is 2. The number of thiazole rings is 1. The Morgan fingerprint density at radius 3 is 2.73 bits per heavy atom. The molecule has 1 N–H and O–H groups in total. The molecule has 1 fully saturated rings. The summed E-state index contributed by atoms with van der Waals surface area (Å²) in [7, 11) is 0. The summed E-state index contributed by atoms with van der Waals surface area (Å²) in [6, 6.07) is 8.19. The second kappa shape index (κ2) is 8.64. The summed E-state index contributed by atoms with van der Waals surface area (Å²) in [5, 5.41) is 4.24. The Labute approximate surface area is 159 Å². The van der Waals surface area contributed by atoms with Gasteiger partial charge in [0.15, 0.2) is 0 Å². The molecule has 0 bridgehead atoms. The van der Waals surface area contributed by atoms with Crippen LogP contribution in [0, 0.1) is 6.92 Å². The lowest BCUT2D eigenvalue weighted by Gasteiger charge is -2.27. The molecule has 1 aromatic heterocycles. The number of carbonyl (C=O) groups is 1. The predicted octanol–water partition coefficient (Wildman–Crippen LogP) is 3.73. The number of hydrogen-bond donors (Lipinski definition) is 1. The topological polar surface area (TPSA) is 54.5 Å². The summed E-state index contributed by atoms with van der Waals surface area (Å²) in [5.41, 5.74) is 1.83. The van der Waals surface area contributed by atoms with Gasteiger partial charge in [-0.25, -0.2) is 4.98 Å². The van der Waals surface area contributed by atoms with E-state index in [1.165, 1.54) is 11.3 Å². The number of rotatable bonds is 7. The fraction of sp³-hybridized carbons (Fsp3) is 0.500. The first-order valence-electron chi connectivity index (χ1n) is 9.36. The Hall–Kier alpha value is -1.92. The standard InChI is InChI=1S/C20H27N3O2S/c1-4-12-23(16-10-11-21-13-16)20(24)18-14(3)22-19(26-18)15-6-8-17(9-7-15)25-5-2/h6-9,16,21H,4-5,10-13H2,1-3H3. The van der Waals surface area contributed by atoms with E-state index in [9.17, 15) is 4.79 Å². The van der Waals surface area contributed by atoms with Crippen molar-refractivity contribution in [3.05, 3.63) is 34.8 Å². The van der Waals surface area contributed by atoms with Gasteiger partial charge in [0.1, 0.15) is 15.6 Å². The maximum atomic E-state index is 13.2. The minimum atomic E-state index is 0.118. The molecule has 0 radical (unpaired) electrons. The van der Waals surface area contributed by atoms with E-state index in [2.05, 4.69) is 17.2 Å². The maximum absolute atomic E-state index is 13.2. The van der Waals surface area contributed by atoms with Gasteiger partial charge in [-0.15, -0.1) is 11.3 Å². The molecular weight excluding hydrogens is 346 g/mol. The molecule has 0 saturated carbocycles. The van der Waals surface area contributed by atoms with Crippen LogP contribution in [0.1, 0.15) is 42.1 Å². The van der Waals surface area contributed by atoms with Crippen molar-refractivity contribution in [3.8, 4) is 16.3 Å². The molecule has 1 unspecified atom stereocenters. The highest BCUT2D eigenvalue weighted by atomic mass is 32.1. The molecule has 1 aliphatic rings. The van der Waals surface area contributed by atoms with Gasteiger partial charge in [-0.05, 0) is 57.5 Å². The lowest BCUT2D eigenvalue weighted by molar-refractivity contribution is 0.0696. The summed E-state index contributed by atoms with van der Waals surface area (Å²) in [5.74, 6) is 0.969. The zero-order valence-corrected chi connectivity index (χ0v) is 16.6. The van der Waals surface area contributed by atoms with Crippen molar-refractivity contribution >= 4 is 17.2 Å². The fourth-order valence-electron chi connectivity index (χ4n) is 3.31. The van der Waals surface area contributed by atoms with Crippen molar-refractivity contribution < 1.29 is 9.53 Å². The SMILES string of the molecule is CCCN(C(=O)c1sc(-c2ccc(OCC)cc2)nc1C)C1CCNC1. The van der Waals surface area contributed by atoms with Gasteiger partial charge in [-0.3, -0.25) is 4.79 Å². The Morgan fingerprint density at radius 1 is 1.35 bits per heavy atom. The van der Waals surface area contributed by atoms with Crippen LogP contribution >= 0.6 is 11.3 Å². The largest absolute Gasteiger partial charge is 0.494 e. The van der Waals surface area contributed by atoms with Crippen molar-refractivity contribution in [1.29, 1.82) is 0 Å². The number of carbonyl (C=O) groups excluding carboxylic acids is 1. The third kappa shape index (κ3) is 4.07. The first kappa shape index (κ1) is 18.9. The van der Waals surface area contributed by atoms with Gasteiger partial charge < -0.3 is 15.0 Å². The molecule has 0 spiro atoms. The first-order valence-corrected chi connectivity index (χ1v) is 10.2. The molecule has 3 rings (SSSR count). The van der Waals surface area contributed by atoms with E-state index in [1.54, 1.807) is 0 Å². The molecule has 26 heavy (non-hydrogen) atoms. The van der Waals surface area contributed by atoms with E-state index in [-0.39, 0.29) is 11.9 Å². The van der Waals surface area contributed by atoms with E-state index in [0.29, 0.717) is 6.61 Å². The minimum Gasteiger partial charge on any atom is -0.494 e. The number of aryl methyl sites for hydroxylation is 1. The van der Waals surface area contributed by atoms with Crippen LogP contribution in [0.4, 0.5) is 0 Å². The van der Waals surface area contributed by atoms with Crippen molar-refractivity contribution in [3.63, 3.8) is 0 Å². The molecule has 1 aliphatic heterocycles. The molecule has 0 aliphatic carbocycles. The molecular formula is C20H27N3O2S. The monoisotopic (exact) mass is 373 g/mol. The zero-order valence-electron chi connectivity index (χ0n) is 15.7. The number of hydrogen-bond acceptors (Lipinski definition) is 5. The zero-order chi connectivity index (χ0) is 18.5. The summed E-state index contributed by atoms with van der Waals surface area (Å²) < 4.78 is 5.50. The Balaban J connectivity index is 1.82. The lowest BCUT2D eigenvalue weighted by Crippen LogP contribution is -2.42. The average molecular weight is 374 g/mol. The number of aromatic nitrogens is 1. The van der Waals surface area contributed by atoms with Crippen LogP contribution in [-0.2, 0) is 0 Å². The van der Waals surface area contributed by atoms with Gasteiger partial charge >= 0.3 is 0 Å². The normalized spacial score (nSPS) is 16.7. The molecule has 1 saturated heterocycles. The minimum absolute atomic E-state index is 0.118. The van der Waals surface area contributed by atoms with E-state index in [0.717, 1.165) is 59.4 Å². The summed E-state index contributed by atoms with van der Waals surface area (Å²) in [4.78, 5) is 20.6. The lowest BCUT2D eigenvalue weighted by atomic mass is 10.2. The molecule has 6 heteroatoms. The van der Waals surface area contributed by atoms with Gasteiger partial charge in [0.05, 0.1) is 12.3 Å². The van der Waals surface area contributed by atoms with E-state index < -0.39 is 0 Å². The first-order chi connectivity index (χ1) is 12.6. The quantitative estimate of drug-likeness (QED) is 0.803. The summed E-state index contributed by atoms with van der Waals surface area (Å²) >= 11 is 1.49. The number of amides is 1. The average Bonchev–Trinajstić information content (AvgIpc) is 3.30. The number of nitrogens with one attached hydrogen (secondary N) is 1. The third-order valence-electron chi connectivity index (χ3n) is 4.60.